The Kier molecular flexibility index (Phi) is 6.99. The van der Waals surface area contributed by atoms with Gasteiger partial charge in [-0.15, -0.1) is 0 Å². The quantitative estimate of drug-likeness (QED) is 0.670. The average Bonchev–Trinajstić information content (AvgIpc) is 2.72. The molecule has 30 heavy (non-hydrogen) atoms. The van der Waals surface area contributed by atoms with E-state index in [9.17, 15) is 23.1 Å². The first-order chi connectivity index (χ1) is 14.2. The van der Waals surface area contributed by atoms with Crippen LogP contribution >= 0.6 is 0 Å². The number of aliphatic hydroxyl groups is 1. The zero-order valence-corrected chi connectivity index (χ0v) is 16.8. The third-order valence-electron chi connectivity index (χ3n) is 5.23. The number of para-hydroxylation sites is 1. The van der Waals surface area contributed by atoms with Crippen LogP contribution in [0.15, 0.2) is 48.5 Å². The van der Waals surface area contributed by atoms with Crippen LogP contribution in [0, 0.1) is 0 Å². The van der Waals surface area contributed by atoms with E-state index in [2.05, 4.69) is 0 Å². The summed E-state index contributed by atoms with van der Waals surface area (Å²) in [6.07, 6.45) is -5.06. The van der Waals surface area contributed by atoms with Gasteiger partial charge in [-0.2, -0.15) is 13.2 Å². The lowest BCUT2D eigenvalue weighted by Gasteiger charge is -2.34. The molecule has 1 fully saturated rings. The third-order valence-corrected chi connectivity index (χ3v) is 5.23. The molecule has 0 radical (unpaired) electrons. The number of piperazine rings is 1. The summed E-state index contributed by atoms with van der Waals surface area (Å²) >= 11 is 0. The van der Waals surface area contributed by atoms with E-state index in [4.69, 9.17) is 4.74 Å². The van der Waals surface area contributed by atoms with Crippen molar-refractivity contribution in [3.8, 4) is 5.75 Å². The number of rotatable bonds is 7. The highest BCUT2D eigenvalue weighted by Crippen LogP contribution is 2.31. The minimum atomic E-state index is -4.35. The number of anilines is 1. The van der Waals surface area contributed by atoms with Gasteiger partial charge in [-0.25, -0.2) is 0 Å². The molecule has 1 aliphatic heterocycles. The molecule has 1 heterocycles. The minimum absolute atomic E-state index is 0.0745. The lowest BCUT2D eigenvalue weighted by atomic mass is 10.1. The number of carbonyl (C=O) groups excluding carboxylic acids is 1. The Hall–Kier alpha value is -2.58. The normalized spacial score (nSPS) is 16.4. The Labute approximate surface area is 173 Å². The second-order valence-electron chi connectivity index (χ2n) is 7.51. The zero-order chi connectivity index (χ0) is 21.7. The number of alkyl halides is 3. The van der Waals surface area contributed by atoms with Gasteiger partial charge in [0.05, 0.1) is 37.3 Å². The molecular weight excluding hydrogens is 397 g/mol. The molecule has 3 rings (SSSR count). The number of Topliss-reactive ketones (excluding diaryl/α,β-unsaturated/α-hetero) is 1. The van der Waals surface area contributed by atoms with Crippen molar-refractivity contribution >= 4 is 11.5 Å². The highest BCUT2D eigenvalue weighted by molar-refractivity contribution is 5.96. The predicted molar refractivity (Wildman–Crippen MR) is 107 cm³/mol. The van der Waals surface area contributed by atoms with E-state index in [1.807, 2.05) is 4.90 Å². The van der Waals surface area contributed by atoms with Gasteiger partial charge in [0.1, 0.15) is 25.0 Å². The summed E-state index contributed by atoms with van der Waals surface area (Å²) in [6.45, 7) is 4.64. The lowest BCUT2D eigenvalue weighted by Crippen LogP contribution is -3.16. The van der Waals surface area contributed by atoms with Crippen molar-refractivity contribution in [2.45, 2.75) is 19.2 Å². The number of benzene rings is 2. The van der Waals surface area contributed by atoms with E-state index < -0.39 is 17.8 Å². The molecule has 0 amide bonds. The van der Waals surface area contributed by atoms with Crippen LogP contribution in [-0.2, 0) is 6.18 Å². The number of carbonyl (C=O) groups is 1. The summed E-state index contributed by atoms with van der Waals surface area (Å²) in [5.41, 5.74) is 0.397. The topological polar surface area (TPSA) is 54.2 Å². The van der Waals surface area contributed by atoms with Gasteiger partial charge in [0, 0.05) is 5.69 Å². The Balaban J connectivity index is 1.49. The fourth-order valence-electron chi connectivity index (χ4n) is 3.63. The summed E-state index contributed by atoms with van der Waals surface area (Å²) in [4.78, 5) is 14.7. The van der Waals surface area contributed by atoms with Crippen LogP contribution in [0.2, 0.25) is 0 Å². The van der Waals surface area contributed by atoms with Crippen molar-refractivity contribution in [3.05, 3.63) is 59.7 Å². The van der Waals surface area contributed by atoms with Crippen molar-refractivity contribution < 1.29 is 32.7 Å². The number of nitrogens with one attached hydrogen (secondary N) is 1. The van der Waals surface area contributed by atoms with Crippen LogP contribution in [0.4, 0.5) is 18.9 Å². The summed E-state index contributed by atoms with van der Waals surface area (Å²) in [5, 5.41) is 10.3. The monoisotopic (exact) mass is 423 g/mol. The molecule has 0 aromatic heterocycles. The number of ketones is 1. The van der Waals surface area contributed by atoms with Crippen molar-refractivity contribution in [2.75, 3.05) is 44.2 Å². The van der Waals surface area contributed by atoms with Crippen LogP contribution in [0.5, 0.6) is 5.75 Å². The zero-order valence-electron chi connectivity index (χ0n) is 16.8. The Morgan fingerprint density at radius 2 is 1.87 bits per heavy atom. The fourth-order valence-corrected chi connectivity index (χ4v) is 3.63. The van der Waals surface area contributed by atoms with Gasteiger partial charge in [-0.05, 0) is 37.3 Å². The van der Waals surface area contributed by atoms with Gasteiger partial charge in [0.15, 0.2) is 5.78 Å². The van der Waals surface area contributed by atoms with E-state index in [1.165, 1.54) is 19.1 Å². The lowest BCUT2D eigenvalue weighted by molar-refractivity contribution is -0.903. The highest BCUT2D eigenvalue weighted by atomic mass is 19.4. The smallest absolute Gasteiger partial charge is 0.416 e. The molecule has 162 valence electrons. The first kappa shape index (κ1) is 22.1. The Morgan fingerprint density at radius 1 is 1.17 bits per heavy atom. The molecule has 0 unspecified atom stereocenters. The summed E-state index contributed by atoms with van der Waals surface area (Å²) < 4.78 is 44.4. The van der Waals surface area contributed by atoms with E-state index >= 15 is 0 Å². The van der Waals surface area contributed by atoms with Gasteiger partial charge in [0.2, 0.25) is 0 Å². The molecule has 2 N–H and O–H groups in total. The number of quaternary nitrogens is 1. The minimum Gasteiger partial charge on any atom is -0.490 e. The SMILES string of the molecule is CC(=O)c1ccccc1OC[C@@H](O)C[NH+]1CCN(c2cccc(C(F)(F)F)c2)CC1. The van der Waals surface area contributed by atoms with E-state index in [-0.39, 0.29) is 12.4 Å². The number of hydrogen-bond acceptors (Lipinski definition) is 4. The maximum Gasteiger partial charge on any atom is 0.416 e. The molecule has 1 atom stereocenters. The fraction of sp³-hybridized carbons (Fsp3) is 0.409. The van der Waals surface area contributed by atoms with Crippen LogP contribution < -0.4 is 14.5 Å². The molecule has 1 aliphatic rings. The largest absolute Gasteiger partial charge is 0.490 e. The third kappa shape index (κ3) is 5.73. The summed E-state index contributed by atoms with van der Waals surface area (Å²) in [6, 6.07) is 12.3. The number of aliphatic hydroxyl groups excluding tert-OH is 1. The molecular formula is C22H26F3N2O3+. The Bertz CT molecular complexity index is 865. The van der Waals surface area contributed by atoms with Gasteiger partial charge in [-0.3, -0.25) is 4.79 Å². The molecule has 0 saturated carbocycles. The van der Waals surface area contributed by atoms with Gasteiger partial charge in [-0.1, -0.05) is 18.2 Å². The number of hydrogen-bond donors (Lipinski definition) is 2. The summed E-state index contributed by atoms with van der Waals surface area (Å²) in [7, 11) is 0. The number of nitrogens with zero attached hydrogens (tertiary/aromatic N) is 1. The molecule has 0 bridgehead atoms. The van der Waals surface area contributed by atoms with Crippen molar-refractivity contribution in [3.63, 3.8) is 0 Å². The first-order valence-corrected chi connectivity index (χ1v) is 9.90. The van der Waals surface area contributed by atoms with Gasteiger partial charge in [0.25, 0.3) is 0 Å². The van der Waals surface area contributed by atoms with Crippen LogP contribution in [-0.4, -0.2) is 56.3 Å². The second-order valence-corrected chi connectivity index (χ2v) is 7.51. The van der Waals surface area contributed by atoms with E-state index in [0.717, 1.165) is 11.0 Å². The predicted octanol–water partition coefficient (Wildman–Crippen LogP) is 2.05. The molecule has 8 heteroatoms. The molecule has 2 aromatic carbocycles. The number of halogens is 3. The van der Waals surface area contributed by atoms with Crippen molar-refractivity contribution in [2.24, 2.45) is 0 Å². The van der Waals surface area contributed by atoms with Gasteiger partial charge < -0.3 is 19.6 Å². The standard InChI is InChI=1S/C22H25F3N2O3/c1-16(28)20-7-2-3-8-21(20)30-15-19(29)14-26-9-11-27(12-10-26)18-6-4-5-17(13-18)22(23,24)25/h2-8,13,19,29H,9-12,14-15H2,1H3/p+1/t19-/m0/s1. The molecule has 1 saturated heterocycles. The maximum absolute atomic E-state index is 12.9. The van der Waals surface area contributed by atoms with E-state index in [1.54, 1.807) is 30.3 Å². The molecule has 0 aliphatic carbocycles. The van der Waals surface area contributed by atoms with E-state index in [0.29, 0.717) is 49.7 Å². The molecule has 5 nitrogen and oxygen atoms in total. The highest BCUT2D eigenvalue weighted by Gasteiger charge is 2.31. The van der Waals surface area contributed by atoms with Crippen LogP contribution in [0.1, 0.15) is 22.8 Å². The van der Waals surface area contributed by atoms with Gasteiger partial charge >= 0.3 is 6.18 Å². The maximum atomic E-state index is 12.9. The Morgan fingerprint density at radius 3 is 2.53 bits per heavy atom. The molecule has 0 spiro atoms. The second kappa shape index (κ2) is 9.49. The first-order valence-electron chi connectivity index (χ1n) is 9.90. The molecule has 2 aromatic rings. The average molecular weight is 423 g/mol. The van der Waals surface area contributed by atoms with Crippen LogP contribution in [0.3, 0.4) is 0 Å². The number of ether oxygens (including phenoxy) is 1. The van der Waals surface area contributed by atoms with Crippen LogP contribution in [0.25, 0.3) is 0 Å². The summed E-state index contributed by atoms with van der Waals surface area (Å²) in [5.74, 6) is 0.352. The van der Waals surface area contributed by atoms with Crippen molar-refractivity contribution in [1.82, 2.24) is 0 Å². The van der Waals surface area contributed by atoms with Crippen molar-refractivity contribution in [1.29, 1.82) is 0 Å².